The quantitative estimate of drug-likeness (QED) is 0.724. The number of thiophene rings is 1. The Balaban J connectivity index is 2.91. The summed E-state index contributed by atoms with van der Waals surface area (Å²) in [4.78, 5) is 22.1. The Morgan fingerprint density at radius 2 is 2.42 bits per heavy atom. The minimum atomic E-state index is -0.867. The first-order chi connectivity index (χ1) is 5.63. The number of hydrogen-bond acceptors (Lipinski definition) is 3. The Bertz CT molecular complexity index is 314. The zero-order valence-electron chi connectivity index (χ0n) is 6.53. The molecule has 1 aromatic rings. The third kappa shape index (κ3) is 1.92. The van der Waals surface area contributed by atoms with Gasteiger partial charge >= 0.3 is 5.97 Å². The lowest BCUT2D eigenvalue weighted by Gasteiger charge is -1.91. The Morgan fingerprint density at radius 1 is 1.75 bits per heavy atom. The molecule has 64 valence electrons. The molecule has 1 rings (SSSR count). The van der Waals surface area contributed by atoms with Gasteiger partial charge in [0.2, 0.25) is 0 Å². The van der Waals surface area contributed by atoms with E-state index in [1.807, 2.05) is 6.92 Å². The van der Waals surface area contributed by atoms with E-state index in [2.05, 4.69) is 0 Å². The summed E-state index contributed by atoms with van der Waals surface area (Å²) in [6, 6.07) is 1.63. The first kappa shape index (κ1) is 8.93. The second kappa shape index (κ2) is 3.49. The van der Waals surface area contributed by atoms with Crippen molar-refractivity contribution in [1.82, 2.24) is 0 Å². The molecule has 0 aliphatic rings. The number of aldehydes is 1. The van der Waals surface area contributed by atoms with E-state index in [0.717, 1.165) is 16.7 Å². The van der Waals surface area contributed by atoms with Gasteiger partial charge in [0.1, 0.15) is 0 Å². The molecule has 0 fully saturated rings. The first-order valence-electron chi connectivity index (χ1n) is 3.39. The summed E-state index contributed by atoms with van der Waals surface area (Å²) in [5.41, 5.74) is 0.731. The van der Waals surface area contributed by atoms with Crippen molar-refractivity contribution in [1.29, 1.82) is 0 Å². The summed E-state index contributed by atoms with van der Waals surface area (Å²) >= 11 is 1.32. The smallest absolute Gasteiger partial charge is 0.307 e. The molecule has 1 heterocycles. The molecular weight excluding hydrogens is 176 g/mol. The minimum absolute atomic E-state index is 0.00380. The molecule has 0 radical (unpaired) electrons. The zero-order valence-corrected chi connectivity index (χ0v) is 7.35. The number of carbonyl (C=O) groups excluding carboxylic acids is 1. The monoisotopic (exact) mass is 184 g/mol. The molecule has 0 bridgehead atoms. The van der Waals surface area contributed by atoms with Crippen LogP contribution < -0.4 is 0 Å². The molecule has 0 saturated heterocycles. The van der Waals surface area contributed by atoms with E-state index in [4.69, 9.17) is 5.11 Å². The molecule has 4 heteroatoms. The zero-order chi connectivity index (χ0) is 9.14. The number of rotatable bonds is 3. The van der Waals surface area contributed by atoms with Crippen molar-refractivity contribution in [2.45, 2.75) is 13.3 Å². The average molecular weight is 184 g/mol. The van der Waals surface area contributed by atoms with Gasteiger partial charge in [-0.25, -0.2) is 0 Å². The number of hydrogen-bond donors (Lipinski definition) is 1. The van der Waals surface area contributed by atoms with E-state index in [1.54, 1.807) is 6.07 Å². The van der Waals surface area contributed by atoms with Crippen molar-refractivity contribution in [3.05, 3.63) is 21.4 Å². The number of aliphatic carboxylic acids is 1. The molecule has 1 aromatic heterocycles. The van der Waals surface area contributed by atoms with E-state index in [9.17, 15) is 9.59 Å². The summed E-state index contributed by atoms with van der Waals surface area (Å²) in [6.45, 7) is 1.82. The van der Waals surface area contributed by atoms with Crippen molar-refractivity contribution in [3.8, 4) is 0 Å². The maximum absolute atomic E-state index is 10.3. The predicted octanol–water partition coefficient (Wildman–Crippen LogP) is 1.50. The van der Waals surface area contributed by atoms with E-state index < -0.39 is 5.97 Å². The molecule has 1 N–H and O–H groups in total. The molecule has 0 aromatic carbocycles. The van der Waals surface area contributed by atoms with Gasteiger partial charge in [-0.2, -0.15) is 0 Å². The molecule has 0 saturated carbocycles. The largest absolute Gasteiger partial charge is 0.481 e. The molecule has 3 nitrogen and oxygen atoms in total. The lowest BCUT2D eigenvalue weighted by Crippen LogP contribution is -1.99. The van der Waals surface area contributed by atoms with Crippen LogP contribution in [0.1, 0.15) is 20.1 Å². The van der Waals surface area contributed by atoms with Crippen LogP contribution in [0.3, 0.4) is 0 Å². The lowest BCUT2D eigenvalue weighted by atomic mass is 10.2. The first-order valence-corrected chi connectivity index (χ1v) is 4.21. The highest BCUT2D eigenvalue weighted by Gasteiger charge is 2.07. The van der Waals surface area contributed by atoms with Crippen LogP contribution in [0.15, 0.2) is 6.07 Å². The molecule has 12 heavy (non-hydrogen) atoms. The van der Waals surface area contributed by atoms with E-state index in [0.29, 0.717) is 4.88 Å². The van der Waals surface area contributed by atoms with E-state index in [-0.39, 0.29) is 6.42 Å². The van der Waals surface area contributed by atoms with Crippen LogP contribution in [0.5, 0.6) is 0 Å². The Kier molecular flexibility index (Phi) is 2.60. The molecule has 0 aliphatic heterocycles. The molecule has 0 amide bonds. The molecule has 0 aliphatic carbocycles. The van der Waals surface area contributed by atoms with Crippen LogP contribution in [0, 0.1) is 6.92 Å². The number of aryl methyl sites for hydroxylation is 1. The molecule has 0 unspecified atom stereocenters. The second-order valence-corrected chi connectivity index (χ2v) is 3.71. The van der Waals surface area contributed by atoms with Crippen molar-refractivity contribution < 1.29 is 14.7 Å². The van der Waals surface area contributed by atoms with Gasteiger partial charge in [-0.15, -0.1) is 11.3 Å². The molecule has 0 atom stereocenters. The van der Waals surface area contributed by atoms with Crippen LogP contribution in [0.25, 0.3) is 0 Å². The standard InChI is InChI=1S/C8H8O3S/c1-5-6(3-8(10)11)2-7(4-9)12-5/h2,4H,3H2,1H3,(H,10,11). The third-order valence-electron chi connectivity index (χ3n) is 1.50. The van der Waals surface area contributed by atoms with E-state index in [1.165, 1.54) is 11.3 Å². The average Bonchev–Trinajstić information content (AvgIpc) is 2.31. The highest BCUT2D eigenvalue weighted by molar-refractivity contribution is 7.13. The maximum atomic E-state index is 10.3. The highest BCUT2D eigenvalue weighted by Crippen LogP contribution is 2.20. The van der Waals surface area contributed by atoms with Crippen molar-refractivity contribution in [2.75, 3.05) is 0 Å². The summed E-state index contributed by atoms with van der Waals surface area (Å²) in [5, 5.41) is 8.49. The van der Waals surface area contributed by atoms with Gasteiger partial charge in [-0.05, 0) is 18.6 Å². The predicted molar refractivity (Wildman–Crippen MR) is 45.8 cm³/mol. The fraction of sp³-hybridized carbons (Fsp3) is 0.250. The van der Waals surface area contributed by atoms with Gasteiger partial charge in [0.25, 0.3) is 0 Å². The number of carboxylic acids is 1. The Hall–Kier alpha value is -1.16. The summed E-state index contributed by atoms with van der Waals surface area (Å²) < 4.78 is 0. The molecule has 0 spiro atoms. The van der Waals surface area contributed by atoms with Crippen molar-refractivity contribution in [3.63, 3.8) is 0 Å². The van der Waals surface area contributed by atoms with Crippen molar-refractivity contribution in [2.24, 2.45) is 0 Å². The Labute approximate surface area is 73.6 Å². The van der Waals surface area contributed by atoms with Crippen LogP contribution in [0.2, 0.25) is 0 Å². The highest BCUT2D eigenvalue weighted by atomic mass is 32.1. The number of carbonyl (C=O) groups is 2. The second-order valence-electron chi connectivity index (χ2n) is 2.42. The number of carboxylic acid groups (broad SMARTS) is 1. The fourth-order valence-corrected chi connectivity index (χ4v) is 1.81. The topological polar surface area (TPSA) is 54.4 Å². The SMILES string of the molecule is Cc1sc(C=O)cc1CC(=O)O. The van der Waals surface area contributed by atoms with Crippen molar-refractivity contribution >= 4 is 23.6 Å². The van der Waals surface area contributed by atoms with Crippen LogP contribution in [-0.2, 0) is 11.2 Å². The van der Waals surface area contributed by atoms with Gasteiger partial charge in [0, 0.05) is 4.88 Å². The van der Waals surface area contributed by atoms with Crippen LogP contribution >= 0.6 is 11.3 Å². The van der Waals surface area contributed by atoms with Crippen LogP contribution in [0.4, 0.5) is 0 Å². The van der Waals surface area contributed by atoms with Gasteiger partial charge in [-0.3, -0.25) is 9.59 Å². The maximum Gasteiger partial charge on any atom is 0.307 e. The fourth-order valence-electron chi connectivity index (χ4n) is 0.942. The van der Waals surface area contributed by atoms with Crippen LogP contribution in [-0.4, -0.2) is 17.4 Å². The van der Waals surface area contributed by atoms with Gasteiger partial charge in [0.05, 0.1) is 11.3 Å². The van der Waals surface area contributed by atoms with Gasteiger partial charge in [-0.1, -0.05) is 0 Å². The summed E-state index contributed by atoms with van der Waals surface area (Å²) in [7, 11) is 0. The minimum Gasteiger partial charge on any atom is -0.481 e. The third-order valence-corrected chi connectivity index (χ3v) is 2.52. The van der Waals surface area contributed by atoms with Gasteiger partial charge < -0.3 is 5.11 Å². The Morgan fingerprint density at radius 3 is 2.83 bits per heavy atom. The van der Waals surface area contributed by atoms with E-state index >= 15 is 0 Å². The summed E-state index contributed by atoms with van der Waals surface area (Å²) in [5.74, 6) is -0.867. The summed E-state index contributed by atoms with van der Waals surface area (Å²) in [6.07, 6.45) is 0.735. The van der Waals surface area contributed by atoms with Gasteiger partial charge in [0.15, 0.2) is 6.29 Å². The lowest BCUT2D eigenvalue weighted by molar-refractivity contribution is -0.136. The molecular formula is C8H8O3S. The normalized spacial score (nSPS) is 9.75.